The number of benzene rings is 1. The average Bonchev–Trinajstić information content (AvgIpc) is 3.24. The summed E-state index contributed by atoms with van der Waals surface area (Å²) in [6, 6.07) is 5.14. The van der Waals surface area contributed by atoms with Crippen LogP contribution in [0.2, 0.25) is 5.02 Å². The van der Waals surface area contributed by atoms with E-state index in [0.717, 1.165) is 51.9 Å². The van der Waals surface area contributed by atoms with Crippen LogP contribution in [0.25, 0.3) is 0 Å². The van der Waals surface area contributed by atoms with Crippen molar-refractivity contribution < 1.29 is 19.2 Å². The van der Waals surface area contributed by atoms with E-state index in [1.165, 1.54) is 0 Å². The number of halogens is 1. The molecule has 2 aliphatic heterocycles. The molecular formula is C21H30ClN3O4. The third kappa shape index (κ3) is 6.59. The Bertz CT molecular complexity index is 709. The molecule has 2 aliphatic rings. The Labute approximate surface area is 177 Å². The number of carbonyl (C=O) groups is 2. The van der Waals surface area contributed by atoms with Crippen LogP contribution in [0, 0.1) is 5.92 Å². The molecule has 0 aromatic heterocycles. The highest BCUT2D eigenvalue weighted by Crippen LogP contribution is 2.28. The van der Waals surface area contributed by atoms with Gasteiger partial charge in [0.1, 0.15) is 5.75 Å². The number of piperidine rings is 1. The van der Waals surface area contributed by atoms with Crippen LogP contribution in [0.1, 0.15) is 38.5 Å². The zero-order chi connectivity index (χ0) is 20.6. The molecule has 29 heavy (non-hydrogen) atoms. The first-order valence-corrected chi connectivity index (χ1v) is 10.7. The third-order valence-electron chi connectivity index (χ3n) is 5.49. The van der Waals surface area contributed by atoms with E-state index in [0.29, 0.717) is 41.8 Å². The van der Waals surface area contributed by atoms with Crippen molar-refractivity contribution in [2.75, 3.05) is 45.2 Å². The summed E-state index contributed by atoms with van der Waals surface area (Å²) in [7, 11) is 1.56. The van der Waals surface area contributed by atoms with Crippen LogP contribution in [0.5, 0.6) is 5.75 Å². The zero-order valence-corrected chi connectivity index (χ0v) is 17.7. The Hall–Kier alpha value is -1.83. The lowest BCUT2D eigenvalue weighted by Crippen LogP contribution is -2.41. The molecule has 2 fully saturated rings. The Morgan fingerprint density at radius 2 is 2.14 bits per heavy atom. The fourth-order valence-electron chi connectivity index (χ4n) is 3.91. The molecule has 2 saturated heterocycles. The van der Waals surface area contributed by atoms with Gasteiger partial charge in [-0.3, -0.25) is 14.4 Å². The molecule has 1 atom stereocenters. The molecule has 0 radical (unpaired) electrons. The smallest absolute Gasteiger partial charge is 0.224 e. The van der Waals surface area contributed by atoms with Crippen molar-refractivity contribution in [3.63, 3.8) is 0 Å². The van der Waals surface area contributed by atoms with Gasteiger partial charge in [0.05, 0.1) is 19.4 Å². The molecule has 2 amide bonds. The van der Waals surface area contributed by atoms with Gasteiger partial charge in [0, 0.05) is 44.0 Å². The largest absolute Gasteiger partial charge is 0.495 e. The second-order valence-corrected chi connectivity index (χ2v) is 8.08. The second kappa shape index (κ2) is 10.8. The summed E-state index contributed by atoms with van der Waals surface area (Å²) in [5.74, 6) is 1.04. The number of ether oxygens (including phenoxy) is 1. The molecule has 0 unspecified atom stereocenters. The van der Waals surface area contributed by atoms with Crippen molar-refractivity contribution in [3.05, 3.63) is 23.2 Å². The summed E-state index contributed by atoms with van der Waals surface area (Å²) < 4.78 is 5.27. The molecule has 2 heterocycles. The average molecular weight is 424 g/mol. The molecule has 7 nitrogen and oxygen atoms in total. The van der Waals surface area contributed by atoms with Crippen molar-refractivity contribution in [1.29, 1.82) is 0 Å². The molecule has 0 aliphatic carbocycles. The first-order chi connectivity index (χ1) is 14.0. The number of hydrogen-bond acceptors (Lipinski definition) is 5. The van der Waals surface area contributed by atoms with E-state index in [1.54, 1.807) is 25.3 Å². The Kier molecular flexibility index (Phi) is 8.15. The van der Waals surface area contributed by atoms with Crippen molar-refractivity contribution in [2.24, 2.45) is 5.92 Å². The lowest BCUT2D eigenvalue weighted by Gasteiger charge is -2.33. The van der Waals surface area contributed by atoms with Gasteiger partial charge >= 0.3 is 0 Å². The van der Waals surface area contributed by atoms with Crippen LogP contribution in [-0.4, -0.2) is 61.7 Å². The molecule has 1 aromatic rings. The molecule has 0 spiro atoms. The monoisotopic (exact) mass is 423 g/mol. The predicted molar refractivity (Wildman–Crippen MR) is 112 cm³/mol. The van der Waals surface area contributed by atoms with E-state index < -0.39 is 0 Å². The van der Waals surface area contributed by atoms with Gasteiger partial charge in [-0.15, -0.1) is 0 Å². The minimum Gasteiger partial charge on any atom is -0.495 e. The quantitative estimate of drug-likeness (QED) is 0.694. The SMILES string of the molecule is COc1ccc(Cl)cc1NC(=O)CC[C@@H]1CCCN(C(=O)CCN2CCCO2)C1. The van der Waals surface area contributed by atoms with Gasteiger partial charge in [0.2, 0.25) is 11.8 Å². The van der Waals surface area contributed by atoms with E-state index in [9.17, 15) is 9.59 Å². The van der Waals surface area contributed by atoms with Gasteiger partial charge < -0.3 is 15.0 Å². The van der Waals surface area contributed by atoms with Crippen LogP contribution >= 0.6 is 11.6 Å². The molecule has 3 rings (SSSR count). The molecule has 8 heteroatoms. The number of rotatable bonds is 8. The number of nitrogens with one attached hydrogen (secondary N) is 1. The predicted octanol–water partition coefficient (Wildman–Crippen LogP) is 3.33. The van der Waals surface area contributed by atoms with Crippen LogP contribution in [-0.2, 0) is 14.4 Å². The molecule has 0 saturated carbocycles. The van der Waals surface area contributed by atoms with Gasteiger partial charge in [-0.05, 0) is 49.8 Å². The Balaban J connectivity index is 1.42. The summed E-state index contributed by atoms with van der Waals surface area (Å²) in [6.45, 7) is 3.85. The van der Waals surface area contributed by atoms with E-state index in [4.69, 9.17) is 21.2 Å². The molecule has 1 aromatic carbocycles. The Morgan fingerprint density at radius 1 is 1.28 bits per heavy atom. The van der Waals surface area contributed by atoms with Crippen molar-refractivity contribution >= 4 is 29.1 Å². The summed E-state index contributed by atoms with van der Waals surface area (Å²) in [4.78, 5) is 32.3. The maximum Gasteiger partial charge on any atom is 0.224 e. The fourth-order valence-corrected chi connectivity index (χ4v) is 4.08. The maximum atomic E-state index is 12.5. The summed E-state index contributed by atoms with van der Waals surface area (Å²) >= 11 is 6.01. The van der Waals surface area contributed by atoms with Crippen molar-refractivity contribution in [2.45, 2.75) is 38.5 Å². The number of likely N-dealkylation sites (tertiary alicyclic amines) is 1. The van der Waals surface area contributed by atoms with Crippen LogP contribution in [0.4, 0.5) is 5.69 Å². The van der Waals surface area contributed by atoms with Crippen LogP contribution < -0.4 is 10.1 Å². The molecule has 160 valence electrons. The van der Waals surface area contributed by atoms with Crippen molar-refractivity contribution in [3.8, 4) is 5.75 Å². The van der Waals surface area contributed by atoms with Gasteiger partial charge in [-0.1, -0.05) is 11.6 Å². The van der Waals surface area contributed by atoms with E-state index >= 15 is 0 Å². The van der Waals surface area contributed by atoms with E-state index in [1.807, 2.05) is 9.96 Å². The van der Waals surface area contributed by atoms with E-state index in [2.05, 4.69) is 5.32 Å². The maximum absolute atomic E-state index is 12.5. The van der Waals surface area contributed by atoms with Crippen LogP contribution in [0.3, 0.4) is 0 Å². The highest BCUT2D eigenvalue weighted by Gasteiger charge is 2.25. The highest BCUT2D eigenvalue weighted by atomic mass is 35.5. The Morgan fingerprint density at radius 3 is 2.90 bits per heavy atom. The number of hydroxylamine groups is 2. The number of amides is 2. The summed E-state index contributed by atoms with van der Waals surface area (Å²) in [5.41, 5.74) is 0.578. The standard InChI is InChI=1S/C21H30ClN3O4/c1-28-19-7-6-17(22)14-18(19)23-20(26)8-5-16-4-2-10-24(15-16)21(27)9-12-25-11-3-13-29-25/h6-7,14,16H,2-5,8-13,15H2,1H3,(H,23,26)/t16-/m0/s1. The third-order valence-corrected chi connectivity index (χ3v) is 5.72. The minimum atomic E-state index is -0.0693. The summed E-state index contributed by atoms with van der Waals surface area (Å²) in [6.07, 6.45) is 4.72. The van der Waals surface area contributed by atoms with Gasteiger partial charge in [-0.25, -0.2) is 0 Å². The summed E-state index contributed by atoms with van der Waals surface area (Å²) in [5, 5.41) is 5.31. The van der Waals surface area contributed by atoms with Gasteiger partial charge in [0.25, 0.3) is 0 Å². The molecular weight excluding hydrogens is 394 g/mol. The highest BCUT2D eigenvalue weighted by molar-refractivity contribution is 6.31. The zero-order valence-electron chi connectivity index (χ0n) is 17.0. The first kappa shape index (κ1) is 21.9. The number of methoxy groups -OCH3 is 1. The lowest BCUT2D eigenvalue weighted by atomic mass is 9.93. The van der Waals surface area contributed by atoms with Gasteiger partial charge in [-0.2, -0.15) is 5.06 Å². The first-order valence-electron chi connectivity index (χ1n) is 10.3. The second-order valence-electron chi connectivity index (χ2n) is 7.65. The topological polar surface area (TPSA) is 71.1 Å². The molecule has 0 bridgehead atoms. The van der Waals surface area contributed by atoms with E-state index in [-0.39, 0.29) is 11.8 Å². The number of carbonyl (C=O) groups excluding carboxylic acids is 2. The van der Waals surface area contributed by atoms with Crippen LogP contribution in [0.15, 0.2) is 18.2 Å². The fraction of sp³-hybridized carbons (Fsp3) is 0.619. The lowest BCUT2D eigenvalue weighted by molar-refractivity contribution is -0.140. The number of anilines is 1. The van der Waals surface area contributed by atoms with Crippen molar-refractivity contribution in [1.82, 2.24) is 9.96 Å². The number of nitrogens with zero attached hydrogens (tertiary/aromatic N) is 2. The van der Waals surface area contributed by atoms with Gasteiger partial charge in [0.15, 0.2) is 0 Å². The minimum absolute atomic E-state index is 0.0693. The normalized spacial score (nSPS) is 19.9. The number of hydrogen-bond donors (Lipinski definition) is 1. The molecule has 1 N–H and O–H groups in total.